The average Bonchev–Trinajstić information content (AvgIpc) is 2.34. The van der Waals surface area contributed by atoms with E-state index in [0.29, 0.717) is 6.61 Å². The van der Waals surface area contributed by atoms with Crippen LogP contribution in [0.15, 0.2) is 36.5 Å². The molecular formula is C15H17NO. The summed E-state index contributed by atoms with van der Waals surface area (Å²) in [5.74, 6) is 0. The lowest BCUT2D eigenvalue weighted by Crippen LogP contribution is -2.35. The summed E-state index contributed by atoms with van der Waals surface area (Å²) in [5.41, 5.74) is 2.53. The van der Waals surface area contributed by atoms with Gasteiger partial charge in [0.2, 0.25) is 0 Å². The van der Waals surface area contributed by atoms with Crippen molar-refractivity contribution < 1.29 is 5.11 Å². The molecule has 0 saturated heterocycles. The molecule has 1 aromatic heterocycles. The maximum absolute atomic E-state index is 9.50. The van der Waals surface area contributed by atoms with Crippen LogP contribution < -0.4 is 0 Å². The van der Waals surface area contributed by atoms with Gasteiger partial charge in [-0.3, -0.25) is 4.98 Å². The third-order valence-electron chi connectivity index (χ3n) is 4.00. The smallest absolute Gasteiger partial charge is 0.0702 e. The van der Waals surface area contributed by atoms with Crippen LogP contribution in [0.4, 0.5) is 0 Å². The highest BCUT2D eigenvalue weighted by Gasteiger charge is 2.36. The van der Waals surface area contributed by atoms with Crippen molar-refractivity contribution >= 4 is 10.9 Å². The number of aliphatic hydroxyl groups excluding tert-OH is 1. The lowest BCUT2D eigenvalue weighted by atomic mass is 9.66. The largest absolute Gasteiger partial charge is 0.396 e. The van der Waals surface area contributed by atoms with Crippen LogP contribution >= 0.6 is 0 Å². The number of rotatable bonds is 3. The zero-order valence-electron chi connectivity index (χ0n) is 9.89. The molecule has 1 fully saturated rings. The third kappa shape index (κ3) is 1.93. The lowest BCUT2D eigenvalue weighted by molar-refractivity contribution is 0.0450. The van der Waals surface area contributed by atoms with E-state index in [1.165, 1.54) is 17.4 Å². The quantitative estimate of drug-likeness (QED) is 0.874. The molecule has 2 aromatic rings. The van der Waals surface area contributed by atoms with Crippen LogP contribution in [0.2, 0.25) is 0 Å². The van der Waals surface area contributed by atoms with Gasteiger partial charge < -0.3 is 5.11 Å². The molecule has 3 rings (SSSR count). The van der Waals surface area contributed by atoms with Crippen molar-refractivity contribution in [3.8, 4) is 0 Å². The van der Waals surface area contributed by atoms with Gasteiger partial charge in [0.05, 0.1) is 5.52 Å². The first kappa shape index (κ1) is 10.7. The van der Waals surface area contributed by atoms with Crippen LogP contribution in [0, 0.1) is 5.41 Å². The summed E-state index contributed by atoms with van der Waals surface area (Å²) in [4.78, 5) is 4.32. The highest BCUT2D eigenvalue weighted by atomic mass is 16.3. The summed E-state index contributed by atoms with van der Waals surface area (Å²) in [6.07, 6.45) is 6.40. The van der Waals surface area contributed by atoms with Gasteiger partial charge in [0.15, 0.2) is 0 Å². The Morgan fingerprint density at radius 1 is 1.24 bits per heavy atom. The monoisotopic (exact) mass is 227 g/mol. The van der Waals surface area contributed by atoms with Gasteiger partial charge in [-0.05, 0) is 48.4 Å². The number of hydrogen-bond acceptors (Lipinski definition) is 2. The summed E-state index contributed by atoms with van der Waals surface area (Å²) < 4.78 is 0. The van der Waals surface area contributed by atoms with Crippen LogP contribution in [0.1, 0.15) is 24.8 Å². The molecule has 0 amide bonds. The molecule has 1 N–H and O–H groups in total. The molecule has 1 heterocycles. The molecule has 1 aliphatic carbocycles. The Morgan fingerprint density at radius 2 is 2.12 bits per heavy atom. The molecule has 2 heteroatoms. The Morgan fingerprint density at radius 3 is 2.82 bits per heavy atom. The van der Waals surface area contributed by atoms with E-state index in [0.717, 1.165) is 24.8 Å². The molecule has 1 aromatic carbocycles. The van der Waals surface area contributed by atoms with E-state index < -0.39 is 0 Å². The molecule has 0 radical (unpaired) electrons. The number of pyridine rings is 1. The van der Waals surface area contributed by atoms with Crippen LogP contribution in [-0.4, -0.2) is 16.7 Å². The van der Waals surface area contributed by atoms with Crippen molar-refractivity contribution in [3.05, 3.63) is 42.1 Å². The number of hydrogen-bond donors (Lipinski definition) is 1. The summed E-state index contributed by atoms with van der Waals surface area (Å²) >= 11 is 0. The lowest BCUT2D eigenvalue weighted by Gasteiger charge is -2.40. The van der Waals surface area contributed by atoms with Crippen LogP contribution in [0.5, 0.6) is 0 Å². The Hall–Kier alpha value is -1.41. The van der Waals surface area contributed by atoms with Crippen LogP contribution in [0.3, 0.4) is 0 Å². The Labute approximate surface area is 101 Å². The van der Waals surface area contributed by atoms with Crippen molar-refractivity contribution in [2.75, 3.05) is 6.61 Å². The minimum absolute atomic E-state index is 0.163. The first-order chi connectivity index (χ1) is 8.31. The van der Waals surface area contributed by atoms with E-state index in [2.05, 4.69) is 29.2 Å². The summed E-state index contributed by atoms with van der Waals surface area (Å²) in [7, 11) is 0. The number of aliphatic hydroxyl groups is 1. The van der Waals surface area contributed by atoms with E-state index in [1.54, 1.807) is 0 Å². The minimum Gasteiger partial charge on any atom is -0.396 e. The van der Waals surface area contributed by atoms with Crippen molar-refractivity contribution in [2.24, 2.45) is 5.41 Å². The molecule has 0 spiro atoms. The first-order valence-electron chi connectivity index (χ1n) is 6.26. The fraction of sp³-hybridized carbons (Fsp3) is 0.400. The SMILES string of the molecule is OCC1(Cc2ccc3ncccc3c2)CCC1. The number of benzene rings is 1. The molecule has 0 atom stereocenters. The van der Waals surface area contributed by atoms with Crippen molar-refractivity contribution in [3.63, 3.8) is 0 Å². The number of fused-ring (bicyclic) bond motifs is 1. The zero-order valence-corrected chi connectivity index (χ0v) is 9.89. The molecule has 2 nitrogen and oxygen atoms in total. The summed E-state index contributed by atoms with van der Waals surface area (Å²) in [6, 6.07) is 10.5. The predicted octanol–water partition coefficient (Wildman–Crippen LogP) is 2.94. The average molecular weight is 227 g/mol. The van der Waals surface area contributed by atoms with E-state index in [4.69, 9.17) is 0 Å². The normalized spacial score (nSPS) is 17.9. The van der Waals surface area contributed by atoms with Crippen LogP contribution in [0.25, 0.3) is 10.9 Å². The fourth-order valence-electron chi connectivity index (χ4n) is 2.74. The standard InChI is InChI=1S/C15H17NO/c17-11-15(6-2-7-15)10-12-4-5-14-13(9-12)3-1-8-16-14/h1,3-5,8-9,17H,2,6-7,10-11H2. The second kappa shape index (κ2) is 4.11. The van der Waals surface area contributed by atoms with Crippen molar-refractivity contribution in [2.45, 2.75) is 25.7 Å². The highest BCUT2D eigenvalue weighted by Crippen LogP contribution is 2.43. The van der Waals surface area contributed by atoms with Gasteiger partial charge in [0.1, 0.15) is 0 Å². The molecular weight excluding hydrogens is 210 g/mol. The number of nitrogens with zero attached hydrogens (tertiary/aromatic N) is 1. The molecule has 0 aliphatic heterocycles. The second-order valence-corrected chi connectivity index (χ2v) is 5.22. The minimum atomic E-state index is 0.163. The summed E-state index contributed by atoms with van der Waals surface area (Å²) in [5, 5.41) is 10.7. The molecule has 0 unspecified atom stereocenters. The molecule has 1 aliphatic rings. The van der Waals surface area contributed by atoms with Gasteiger partial charge in [0, 0.05) is 18.2 Å². The van der Waals surface area contributed by atoms with Gasteiger partial charge >= 0.3 is 0 Å². The Balaban J connectivity index is 1.90. The van der Waals surface area contributed by atoms with E-state index in [1.807, 2.05) is 12.3 Å². The van der Waals surface area contributed by atoms with E-state index in [-0.39, 0.29) is 5.41 Å². The van der Waals surface area contributed by atoms with Gasteiger partial charge in [-0.1, -0.05) is 18.6 Å². The van der Waals surface area contributed by atoms with Crippen molar-refractivity contribution in [1.29, 1.82) is 0 Å². The zero-order chi connectivity index (χ0) is 11.7. The first-order valence-corrected chi connectivity index (χ1v) is 6.26. The summed E-state index contributed by atoms with van der Waals surface area (Å²) in [6.45, 7) is 0.318. The molecule has 0 bridgehead atoms. The van der Waals surface area contributed by atoms with Gasteiger partial charge in [-0.25, -0.2) is 0 Å². The topological polar surface area (TPSA) is 33.1 Å². The van der Waals surface area contributed by atoms with E-state index in [9.17, 15) is 5.11 Å². The van der Waals surface area contributed by atoms with Gasteiger partial charge in [-0.2, -0.15) is 0 Å². The Kier molecular flexibility index (Phi) is 2.60. The van der Waals surface area contributed by atoms with E-state index >= 15 is 0 Å². The Bertz CT molecular complexity index is 526. The number of aromatic nitrogens is 1. The van der Waals surface area contributed by atoms with Gasteiger partial charge in [-0.15, -0.1) is 0 Å². The predicted molar refractivity (Wildman–Crippen MR) is 68.8 cm³/mol. The molecule has 1 saturated carbocycles. The van der Waals surface area contributed by atoms with Gasteiger partial charge in [0.25, 0.3) is 0 Å². The molecule has 17 heavy (non-hydrogen) atoms. The fourth-order valence-corrected chi connectivity index (χ4v) is 2.74. The highest BCUT2D eigenvalue weighted by molar-refractivity contribution is 5.78. The maximum atomic E-state index is 9.50. The van der Waals surface area contributed by atoms with Crippen molar-refractivity contribution in [1.82, 2.24) is 4.98 Å². The van der Waals surface area contributed by atoms with Crippen LogP contribution in [-0.2, 0) is 6.42 Å². The molecule has 88 valence electrons. The third-order valence-corrected chi connectivity index (χ3v) is 4.00. The maximum Gasteiger partial charge on any atom is 0.0702 e. The second-order valence-electron chi connectivity index (χ2n) is 5.22.